The molecule has 1 saturated heterocycles. The largest absolute Gasteiger partial charge is 0.494 e. The van der Waals surface area contributed by atoms with Gasteiger partial charge in [-0.2, -0.15) is 0 Å². The highest BCUT2D eigenvalue weighted by atomic mass is 35.5. The van der Waals surface area contributed by atoms with Gasteiger partial charge in [-0.3, -0.25) is 4.79 Å². The standard InChI is InChI=1S/C15H22ClN3O4S.ClH/c1-19(2)15(20)12-7-10(16)8-13(14(12)23-3)24(21,22)18-9-11-5-4-6-17-11;/h7-8,11,17-18H,4-6,9H2,1-3H3;1H. The summed E-state index contributed by atoms with van der Waals surface area (Å²) in [6.45, 7) is 1.16. The topological polar surface area (TPSA) is 87.7 Å². The van der Waals surface area contributed by atoms with Gasteiger partial charge in [-0.15, -0.1) is 12.4 Å². The lowest BCUT2D eigenvalue weighted by Gasteiger charge is -2.18. The summed E-state index contributed by atoms with van der Waals surface area (Å²) in [5, 5.41) is 3.37. The highest BCUT2D eigenvalue weighted by Crippen LogP contribution is 2.32. The number of hydrogen-bond acceptors (Lipinski definition) is 5. The van der Waals surface area contributed by atoms with Crippen molar-refractivity contribution < 1.29 is 17.9 Å². The van der Waals surface area contributed by atoms with E-state index in [1.165, 1.54) is 24.1 Å². The predicted molar refractivity (Wildman–Crippen MR) is 99.5 cm³/mol. The van der Waals surface area contributed by atoms with E-state index in [-0.39, 0.29) is 52.1 Å². The number of sulfonamides is 1. The Bertz CT molecular complexity index is 720. The number of hydrogen-bond donors (Lipinski definition) is 2. The molecule has 1 amide bonds. The maximum absolute atomic E-state index is 12.7. The molecule has 1 aromatic rings. The number of halogens is 2. The molecule has 2 N–H and O–H groups in total. The molecule has 1 fully saturated rings. The smallest absolute Gasteiger partial charge is 0.257 e. The summed E-state index contributed by atoms with van der Waals surface area (Å²) in [6, 6.07) is 2.80. The van der Waals surface area contributed by atoms with Gasteiger partial charge in [-0.1, -0.05) is 11.6 Å². The van der Waals surface area contributed by atoms with Crippen molar-refractivity contribution in [2.45, 2.75) is 23.8 Å². The van der Waals surface area contributed by atoms with Gasteiger partial charge < -0.3 is 15.0 Å². The minimum Gasteiger partial charge on any atom is -0.494 e. The molecule has 7 nitrogen and oxygen atoms in total. The van der Waals surface area contributed by atoms with Gasteiger partial charge in [0.1, 0.15) is 4.90 Å². The van der Waals surface area contributed by atoms with Gasteiger partial charge in [0, 0.05) is 31.7 Å². The molecule has 0 bridgehead atoms. The van der Waals surface area contributed by atoms with E-state index in [9.17, 15) is 13.2 Å². The molecule has 0 radical (unpaired) electrons. The molecule has 0 aromatic heterocycles. The van der Waals surface area contributed by atoms with Crippen LogP contribution in [-0.2, 0) is 10.0 Å². The van der Waals surface area contributed by atoms with E-state index in [0.29, 0.717) is 0 Å². The van der Waals surface area contributed by atoms with Crippen LogP contribution in [0, 0.1) is 0 Å². The fourth-order valence-corrected chi connectivity index (χ4v) is 4.18. The van der Waals surface area contributed by atoms with E-state index in [2.05, 4.69) is 10.0 Å². The molecule has 1 aliphatic heterocycles. The molecule has 1 atom stereocenters. The molecule has 2 rings (SSSR count). The second-order valence-corrected chi connectivity index (χ2v) is 8.00. The Morgan fingerprint density at radius 3 is 2.64 bits per heavy atom. The van der Waals surface area contributed by atoms with Crippen molar-refractivity contribution in [3.8, 4) is 5.75 Å². The van der Waals surface area contributed by atoms with Crippen molar-refractivity contribution in [3.05, 3.63) is 22.7 Å². The van der Waals surface area contributed by atoms with Crippen LogP contribution >= 0.6 is 24.0 Å². The Morgan fingerprint density at radius 2 is 2.12 bits per heavy atom. The van der Waals surface area contributed by atoms with Gasteiger partial charge in [0.2, 0.25) is 10.0 Å². The molecule has 0 aliphatic carbocycles. The second-order valence-electron chi connectivity index (χ2n) is 5.83. The van der Waals surface area contributed by atoms with Crippen LogP contribution in [0.4, 0.5) is 0 Å². The molecular weight excluding hydrogens is 389 g/mol. The molecule has 0 saturated carbocycles. The maximum atomic E-state index is 12.7. The number of ether oxygens (including phenoxy) is 1. The van der Waals surface area contributed by atoms with Crippen LogP contribution in [-0.4, -0.2) is 59.6 Å². The van der Waals surface area contributed by atoms with E-state index in [1.807, 2.05) is 0 Å². The number of carbonyl (C=O) groups is 1. The lowest BCUT2D eigenvalue weighted by atomic mass is 10.2. The third-order valence-corrected chi connectivity index (χ3v) is 5.48. The van der Waals surface area contributed by atoms with Crippen LogP contribution in [0.25, 0.3) is 0 Å². The van der Waals surface area contributed by atoms with Crippen LogP contribution in [0.1, 0.15) is 23.2 Å². The van der Waals surface area contributed by atoms with Crippen molar-refractivity contribution in [2.24, 2.45) is 0 Å². The van der Waals surface area contributed by atoms with E-state index in [1.54, 1.807) is 14.1 Å². The van der Waals surface area contributed by atoms with Gasteiger partial charge in [-0.25, -0.2) is 13.1 Å². The zero-order valence-corrected chi connectivity index (χ0v) is 16.7. The van der Waals surface area contributed by atoms with E-state index in [0.717, 1.165) is 19.4 Å². The molecule has 0 spiro atoms. The van der Waals surface area contributed by atoms with Gasteiger partial charge >= 0.3 is 0 Å². The average Bonchev–Trinajstić information content (AvgIpc) is 3.04. The Morgan fingerprint density at radius 1 is 1.44 bits per heavy atom. The van der Waals surface area contributed by atoms with E-state index < -0.39 is 10.0 Å². The summed E-state index contributed by atoms with van der Waals surface area (Å²) in [7, 11) is 0.602. The van der Waals surface area contributed by atoms with Crippen LogP contribution < -0.4 is 14.8 Å². The van der Waals surface area contributed by atoms with E-state index in [4.69, 9.17) is 16.3 Å². The first kappa shape index (κ1) is 22.0. The Kier molecular flexibility index (Phi) is 7.95. The third kappa shape index (κ3) is 5.21. The fraction of sp³-hybridized carbons (Fsp3) is 0.533. The SMILES string of the molecule is COc1c(C(=O)N(C)C)cc(Cl)cc1S(=O)(=O)NCC1CCCN1.Cl. The molecule has 1 aliphatic rings. The summed E-state index contributed by atoms with van der Waals surface area (Å²) >= 11 is 6.03. The monoisotopic (exact) mass is 411 g/mol. The zero-order chi connectivity index (χ0) is 17.9. The van der Waals surface area contributed by atoms with Crippen molar-refractivity contribution in [1.29, 1.82) is 0 Å². The highest BCUT2D eigenvalue weighted by Gasteiger charge is 2.27. The number of nitrogens with one attached hydrogen (secondary N) is 2. The molecule has 1 aromatic carbocycles. The average molecular weight is 412 g/mol. The first-order chi connectivity index (χ1) is 11.3. The first-order valence-corrected chi connectivity index (χ1v) is 9.44. The summed E-state index contributed by atoms with van der Waals surface area (Å²) in [4.78, 5) is 13.5. The van der Waals surface area contributed by atoms with Crippen LogP contribution in [0.2, 0.25) is 5.02 Å². The van der Waals surface area contributed by atoms with Crippen LogP contribution in [0.3, 0.4) is 0 Å². The molecule has 25 heavy (non-hydrogen) atoms. The minimum atomic E-state index is -3.86. The maximum Gasteiger partial charge on any atom is 0.257 e. The van der Waals surface area contributed by atoms with Crippen molar-refractivity contribution in [2.75, 3.05) is 34.3 Å². The highest BCUT2D eigenvalue weighted by molar-refractivity contribution is 7.89. The number of nitrogens with zero attached hydrogens (tertiary/aromatic N) is 1. The van der Waals surface area contributed by atoms with Crippen molar-refractivity contribution in [3.63, 3.8) is 0 Å². The van der Waals surface area contributed by atoms with Crippen molar-refractivity contribution >= 4 is 39.9 Å². The van der Waals surface area contributed by atoms with Crippen LogP contribution in [0.15, 0.2) is 17.0 Å². The van der Waals surface area contributed by atoms with Gasteiger partial charge in [-0.05, 0) is 31.5 Å². The fourth-order valence-electron chi connectivity index (χ4n) is 2.60. The molecule has 142 valence electrons. The molecule has 10 heteroatoms. The van der Waals surface area contributed by atoms with E-state index >= 15 is 0 Å². The summed E-state index contributed by atoms with van der Waals surface area (Å²) in [5.74, 6) is -0.395. The Hall–Kier alpha value is -1.06. The number of benzene rings is 1. The molecule has 1 unspecified atom stereocenters. The van der Waals surface area contributed by atoms with Crippen LogP contribution in [0.5, 0.6) is 5.75 Å². The predicted octanol–water partition coefficient (Wildman–Crippen LogP) is 1.50. The lowest BCUT2D eigenvalue weighted by Crippen LogP contribution is -2.37. The van der Waals surface area contributed by atoms with Gasteiger partial charge in [0.25, 0.3) is 5.91 Å². The molecule has 1 heterocycles. The lowest BCUT2D eigenvalue weighted by molar-refractivity contribution is 0.0824. The van der Waals surface area contributed by atoms with Gasteiger partial charge in [0.05, 0.1) is 12.7 Å². The second kappa shape index (κ2) is 9.05. The third-order valence-electron chi connectivity index (χ3n) is 3.83. The quantitative estimate of drug-likeness (QED) is 0.740. The Balaban J connectivity index is 0.00000312. The van der Waals surface area contributed by atoms with Crippen molar-refractivity contribution in [1.82, 2.24) is 14.9 Å². The number of rotatable bonds is 6. The zero-order valence-electron chi connectivity index (χ0n) is 14.3. The summed E-state index contributed by atoms with van der Waals surface area (Å²) in [5.41, 5.74) is 0.106. The number of carbonyl (C=O) groups excluding carboxylic acids is 1. The number of amides is 1. The normalized spacial score (nSPS) is 17.0. The minimum absolute atomic E-state index is 0. The Labute approximate surface area is 159 Å². The number of methoxy groups -OCH3 is 1. The molecular formula is C15H23Cl2N3O4S. The summed E-state index contributed by atoms with van der Waals surface area (Å²) in [6.07, 6.45) is 1.94. The van der Waals surface area contributed by atoms with Gasteiger partial charge in [0.15, 0.2) is 5.75 Å². The first-order valence-electron chi connectivity index (χ1n) is 7.58. The summed E-state index contributed by atoms with van der Waals surface area (Å²) < 4.78 is 33.1.